The van der Waals surface area contributed by atoms with Gasteiger partial charge in [-0.15, -0.1) is 0 Å². The highest BCUT2D eigenvalue weighted by atomic mass is 32.2. The van der Waals surface area contributed by atoms with Crippen LogP contribution in [-0.2, 0) is 21.5 Å². The van der Waals surface area contributed by atoms with Gasteiger partial charge in [-0.25, -0.2) is 13.4 Å². The molecule has 1 atom stereocenters. The van der Waals surface area contributed by atoms with E-state index in [4.69, 9.17) is 0 Å². The van der Waals surface area contributed by atoms with Crippen molar-refractivity contribution in [1.82, 2.24) is 15.4 Å². The summed E-state index contributed by atoms with van der Waals surface area (Å²) in [5.74, 6) is -1.21. The number of hydrogen-bond acceptors (Lipinski definition) is 7. The van der Waals surface area contributed by atoms with Crippen LogP contribution >= 0.6 is 0 Å². The molecule has 0 saturated carbocycles. The molecule has 0 radical (unpaired) electrons. The Hall–Kier alpha value is -2.56. The van der Waals surface area contributed by atoms with E-state index in [9.17, 15) is 22.7 Å². The van der Waals surface area contributed by atoms with Crippen molar-refractivity contribution < 1.29 is 22.7 Å². The van der Waals surface area contributed by atoms with Crippen LogP contribution in [0.15, 0.2) is 17.1 Å². The first-order valence-corrected chi connectivity index (χ1v) is 9.61. The summed E-state index contributed by atoms with van der Waals surface area (Å²) in [5, 5.41) is 16.2. The summed E-state index contributed by atoms with van der Waals surface area (Å²) in [6, 6.07) is 2.36. The van der Waals surface area contributed by atoms with Crippen molar-refractivity contribution in [2.24, 2.45) is 10.9 Å². The minimum atomic E-state index is -4.20. The zero-order chi connectivity index (χ0) is 18.9. The molecule has 142 valence electrons. The molecule has 1 amide bonds. The fourth-order valence-electron chi connectivity index (χ4n) is 2.79. The minimum Gasteiger partial charge on any atom is -0.506 e. The Morgan fingerprint density at radius 1 is 1.46 bits per heavy atom. The van der Waals surface area contributed by atoms with E-state index in [0.29, 0.717) is 28.3 Å². The van der Waals surface area contributed by atoms with Gasteiger partial charge in [0.2, 0.25) is 0 Å². The second-order valence-corrected chi connectivity index (χ2v) is 7.78. The third-order valence-electron chi connectivity index (χ3n) is 4.28. The first-order chi connectivity index (χ1) is 12.3. The highest BCUT2D eigenvalue weighted by Gasteiger charge is 2.37. The Balaban J connectivity index is 1.74. The maximum absolute atomic E-state index is 14.4. The molecule has 2 aliphatic rings. The fourth-order valence-corrected chi connectivity index (χ4v) is 3.96. The highest BCUT2D eigenvalue weighted by Crippen LogP contribution is 2.34. The third-order valence-corrected chi connectivity index (χ3v) is 5.65. The SMILES string of the molecule is CCC1CN=C(NCc2cc(O)c(N3CC(=O)NS3(=O)=O)c(F)c2)NC1. The molecule has 0 spiro atoms. The molecule has 1 fully saturated rings. The molecule has 2 heterocycles. The number of phenols is 1. The molecule has 0 aliphatic carbocycles. The Kier molecular flexibility index (Phi) is 4.90. The van der Waals surface area contributed by atoms with E-state index in [1.165, 1.54) is 6.07 Å². The molecule has 2 aliphatic heterocycles. The second kappa shape index (κ2) is 6.98. The predicted octanol–water partition coefficient (Wildman–Crippen LogP) is -0.213. The monoisotopic (exact) mass is 385 g/mol. The van der Waals surface area contributed by atoms with Crippen LogP contribution in [0.1, 0.15) is 18.9 Å². The Labute approximate surface area is 150 Å². The van der Waals surface area contributed by atoms with Gasteiger partial charge in [-0.2, -0.15) is 8.42 Å². The van der Waals surface area contributed by atoms with Crippen LogP contribution in [0.3, 0.4) is 0 Å². The van der Waals surface area contributed by atoms with Gasteiger partial charge in [0, 0.05) is 19.6 Å². The van der Waals surface area contributed by atoms with Crippen LogP contribution in [0, 0.1) is 11.7 Å². The number of hydrogen-bond donors (Lipinski definition) is 4. The fraction of sp³-hybridized carbons (Fsp3) is 0.467. The van der Waals surface area contributed by atoms with E-state index in [-0.39, 0.29) is 6.54 Å². The van der Waals surface area contributed by atoms with Gasteiger partial charge in [-0.05, 0) is 30.0 Å². The van der Waals surface area contributed by atoms with E-state index in [1.807, 2.05) is 0 Å². The third kappa shape index (κ3) is 3.66. The summed E-state index contributed by atoms with van der Waals surface area (Å²) in [6.45, 7) is 3.21. The molecule has 1 saturated heterocycles. The molecule has 0 aromatic heterocycles. The van der Waals surface area contributed by atoms with Crippen LogP contribution in [0.2, 0.25) is 0 Å². The van der Waals surface area contributed by atoms with Gasteiger partial charge in [0.1, 0.15) is 18.0 Å². The van der Waals surface area contributed by atoms with Crippen molar-refractivity contribution in [3.63, 3.8) is 0 Å². The highest BCUT2D eigenvalue weighted by molar-refractivity contribution is 7.92. The molecule has 0 bridgehead atoms. The number of carbonyl (C=O) groups excluding carboxylic acids is 1. The quantitative estimate of drug-likeness (QED) is 0.569. The summed E-state index contributed by atoms with van der Waals surface area (Å²) in [5.41, 5.74) is -0.146. The average molecular weight is 385 g/mol. The van der Waals surface area contributed by atoms with Gasteiger partial charge in [-0.3, -0.25) is 9.79 Å². The summed E-state index contributed by atoms with van der Waals surface area (Å²) in [7, 11) is -4.20. The van der Waals surface area contributed by atoms with Gasteiger partial charge in [0.05, 0.1) is 0 Å². The number of amides is 1. The number of rotatable bonds is 4. The maximum atomic E-state index is 14.4. The molecule has 1 aromatic carbocycles. The van der Waals surface area contributed by atoms with Crippen LogP contribution in [-0.4, -0.2) is 45.0 Å². The lowest BCUT2D eigenvalue weighted by Gasteiger charge is -2.22. The number of benzene rings is 1. The van der Waals surface area contributed by atoms with E-state index < -0.39 is 39.9 Å². The minimum absolute atomic E-state index is 0.192. The van der Waals surface area contributed by atoms with Crippen LogP contribution in [0.5, 0.6) is 5.75 Å². The normalized spacial score (nSPS) is 21.8. The number of aromatic hydroxyl groups is 1. The molecule has 3 rings (SSSR count). The van der Waals surface area contributed by atoms with Crippen molar-refractivity contribution in [3.05, 3.63) is 23.5 Å². The largest absolute Gasteiger partial charge is 0.506 e. The summed E-state index contributed by atoms with van der Waals surface area (Å²) in [4.78, 5) is 15.6. The molecule has 1 aromatic rings. The maximum Gasteiger partial charge on any atom is 0.326 e. The lowest BCUT2D eigenvalue weighted by atomic mass is 10.1. The number of nitrogens with zero attached hydrogens (tertiary/aromatic N) is 2. The van der Waals surface area contributed by atoms with Gasteiger partial charge < -0.3 is 15.7 Å². The number of anilines is 1. The Bertz CT molecular complexity index is 835. The molecular weight excluding hydrogens is 365 g/mol. The molecule has 1 unspecified atom stereocenters. The number of aliphatic imine (C=N–C) groups is 1. The first-order valence-electron chi connectivity index (χ1n) is 8.17. The van der Waals surface area contributed by atoms with Crippen LogP contribution in [0.25, 0.3) is 0 Å². The van der Waals surface area contributed by atoms with E-state index >= 15 is 0 Å². The lowest BCUT2D eigenvalue weighted by Crippen LogP contribution is -2.43. The summed E-state index contributed by atoms with van der Waals surface area (Å²) in [6.07, 6.45) is 1.03. The van der Waals surface area contributed by atoms with Crippen LogP contribution in [0.4, 0.5) is 10.1 Å². The van der Waals surface area contributed by atoms with Gasteiger partial charge in [0.15, 0.2) is 11.8 Å². The Morgan fingerprint density at radius 2 is 2.23 bits per heavy atom. The smallest absolute Gasteiger partial charge is 0.326 e. The summed E-state index contributed by atoms with van der Waals surface area (Å²) >= 11 is 0. The van der Waals surface area contributed by atoms with Gasteiger partial charge >= 0.3 is 10.2 Å². The Morgan fingerprint density at radius 3 is 2.77 bits per heavy atom. The number of phenolic OH excluding ortho intramolecular Hbond substituents is 1. The van der Waals surface area contributed by atoms with Crippen molar-refractivity contribution in [1.29, 1.82) is 0 Å². The molecule has 26 heavy (non-hydrogen) atoms. The molecular formula is C15H20FN5O4S. The van der Waals surface area contributed by atoms with Gasteiger partial charge in [0.25, 0.3) is 5.91 Å². The zero-order valence-corrected chi connectivity index (χ0v) is 14.9. The van der Waals surface area contributed by atoms with Crippen molar-refractivity contribution >= 4 is 27.8 Å². The van der Waals surface area contributed by atoms with E-state index in [2.05, 4.69) is 22.5 Å². The first kappa shape index (κ1) is 18.2. The summed E-state index contributed by atoms with van der Waals surface area (Å²) < 4.78 is 40.3. The zero-order valence-electron chi connectivity index (χ0n) is 14.1. The van der Waals surface area contributed by atoms with Crippen LogP contribution < -0.4 is 19.7 Å². The molecule has 4 N–H and O–H groups in total. The topological polar surface area (TPSA) is 123 Å². The van der Waals surface area contributed by atoms with Crippen molar-refractivity contribution in [2.45, 2.75) is 19.9 Å². The predicted molar refractivity (Wildman–Crippen MR) is 93.4 cm³/mol. The van der Waals surface area contributed by atoms with Gasteiger partial charge in [-0.1, -0.05) is 6.92 Å². The standard InChI is InChI=1S/C15H20FN5O4S/c1-2-9-5-17-15(18-6-9)19-7-10-3-11(16)14(12(22)4-10)21-8-13(23)20-26(21,24)25/h3-4,9,22H,2,5-8H2,1H3,(H,20,23)(H2,17,18,19). The van der Waals surface area contributed by atoms with E-state index in [0.717, 1.165) is 19.0 Å². The van der Waals surface area contributed by atoms with Crippen molar-refractivity contribution in [3.8, 4) is 5.75 Å². The number of guanidine groups is 1. The molecule has 9 nitrogen and oxygen atoms in total. The molecule has 11 heteroatoms. The number of carbonyl (C=O) groups is 1. The lowest BCUT2D eigenvalue weighted by molar-refractivity contribution is -0.117. The van der Waals surface area contributed by atoms with Crippen molar-refractivity contribution in [2.75, 3.05) is 23.9 Å². The number of halogens is 1. The second-order valence-electron chi connectivity index (χ2n) is 6.18. The van der Waals surface area contributed by atoms with E-state index in [1.54, 1.807) is 4.72 Å². The average Bonchev–Trinajstić information content (AvgIpc) is 2.85. The number of nitrogens with one attached hydrogen (secondary N) is 3.